The Morgan fingerprint density at radius 1 is 1.23 bits per heavy atom. The lowest BCUT2D eigenvalue weighted by molar-refractivity contribution is -0.186. The Hall–Kier alpha value is -2.70. The van der Waals surface area contributed by atoms with E-state index >= 15 is 0 Å². The number of aryl methyl sites for hydroxylation is 1. The van der Waals surface area contributed by atoms with Gasteiger partial charge in [-0.3, -0.25) is 9.36 Å². The number of aromatic nitrogens is 2. The van der Waals surface area contributed by atoms with E-state index in [1.807, 2.05) is 43.3 Å². The van der Waals surface area contributed by atoms with E-state index in [0.29, 0.717) is 12.2 Å². The number of carbonyl (C=O) groups is 1. The second kappa shape index (κ2) is 7.27. The van der Waals surface area contributed by atoms with Gasteiger partial charge in [-0.25, -0.2) is 15.3 Å². The molecule has 1 N–H and O–H groups in total. The van der Waals surface area contributed by atoms with Crippen LogP contribution in [-0.2, 0) is 9.57 Å². The molecule has 1 amide bonds. The van der Waals surface area contributed by atoms with E-state index in [2.05, 4.69) is 15.0 Å². The second-order valence-corrected chi connectivity index (χ2v) is 6.38. The van der Waals surface area contributed by atoms with Gasteiger partial charge in [0.25, 0.3) is 5.91 Å². The van der Waals surface area contributed by atoms with Crippen LogP contribution >= 0.6 is 0 Å². The van der Waals surface area contributed by atoms with Crippen LogP contribution < -0.4 is 5.48 Å². The van der Waals surface area contributed by atoms with Crippen molar-refractivity contribution in [2.45, 2.75) is 32.5 Å². The third-order valence-electron chi connectivity index (χ3n) is 4.52. The molecule has 134 valence electrons. The normalized spacial score (nSPS) is 17.3. The summed E-state index contributed by atoms with van der Waals surface area (Å²) in [5, 5.41) is 0. The summed E-state index contributed by atoms with van der Waals surface area (Å²) in [6.07, 6.45) is 2.51. The maximum Gasteiger partial charge on any atom is 0.275 e. The molecular formula is C20H21N3O3. The third kappa shape index (κ3) is 3.34. The monoisotopic (exact) mass is 351 g/mol. The van der Waals surface area contributed by atoms with Crippen molar-refractivity contribution in [1.82, 2.24) is 15.0 Å². The van der Waals surface area contributed by atoms with Crippen molar-refractivity contribution in [2.24, 2.45) is 0 Å². The van der Waals surface area contributed by atoms with Gasteiger partial charge in [-0.15, -0.1) is 0 Å². The van der Waals surface area contributed by atoms with Crippen LogP contribution in [0.4, 0.5) is 0 Å². The number of ether oxygens (including phenoxy) is 1. The van der Waals surface area contributed by atoms with E-state index in [0.717, 1.165) is 41.8 Å². The molecule has 6 heteroatoms. The molecule has 4 rings (SSSR count). The lowest BCUT2D eigenvalue weighted by atomic mass is 10.2. The summed E-state index contributed by atoms with van der Waals surface area (Å²) >= 11 is 0. The largest absolute Gasteiger partial charge is 0.350 e. The highest BCUT2D eigenvalue weighted by Gasteiger charge is 2.17. The van der Waals surface area contributed by atoms with Crippen LogP contribution in [0.1, 0.15) is 35.4 Å². The van der Waals surface area contributed by atoms with Gasteiger partial charge in [-0.05, 0) is 50.1 Å². The van der Waals surface area contributed by atoms with Crippen LogP contribution in [0, 0.1) is 6.92 Å². The molecule has 1 atom stereocenters. The maximum atomic E-state index is 12.4. The number of nitrogens with zero attached hydrogens (tertiary/aromatic N) is 2. The highest BCUT2D eigenvalue weighted by molar-refractivity contribution is 5.97. The number of rotatable bonds is 4. The van der Waals surface area contributed by atoms with Gasteiger partial charge in [0.1, 0.15) is 5.82 Å². The Balaban J connectivity index is 1.55. The highest BCUT2D eigenvalue weighted by atomic mass is 16.8. The molecule has 1 fully saturated rings. The minimum Gasteiger partial charge on any atom is -0.350 e. The average molecular weight is 351 g/mol. The SMILES string of the molecule is Cc1nc2cc(C(=O)NO[C@H]3CCCCO3)ccc2n1-c1ccccc1. The number of amides is 1. The number of para-hydroxylation sites is 1. The summed E-state index contributed by atoms with van der Waals surface area (Å²) in [6.45, 7) is 2.62. The van der Waals surface area contributed by atoms with Gasteiger partial charge in [-0.1, -0.05) is 18.2 Å². The second-order valence-electron chi connectivity index (χ2n) is 6.38. The number of imidazole rings is 1. The lowest BCUT2D eigenvalue weighted by Gasteiger charge is -2.22. The molecule has 1 aliphatic heterocycles. The Bertz CT molecular complexity index is 915. The molecule has 0 bridgehead atoms. The number of hydrogen-bond donors (Lipinski definition) is 1. The number of hydrogen-bond acceptors (Lipinski definition) is 4. The van der Waals surface area contributed by atoms with E-state index < -0.39 is 0 Å². The standard InChI is InChI=1S/C20H21N3O3/c1-14-21-17-13-15(20(24)22-26-19-9-5-6-12-25-19)10-11-18(17)23(14)16-7-3-2-4-8-16/h2-4,7-8,10-11,13,19H,5-6,9,12H2,1H3,(H,22,24)/t19-/m0/s1. The Morgan fingerprint density at radius 2 is 2.08 bits per heavy atom. The van der Waals surface area contributed by atoms with E-state index in [1.165, 1.54) is 0 Å². The zero-order chi connectivity index (χ0) is 17.9. The minimum atomic E-state index is -0.365. The minimum absolute atomic E-state index is 0.298. The van der Waals surface area contributed by atoms with Crippen molar-refractivity contribution < 1.29 is 14.4 Å². The van der Waals surface area contributed by atoms with Gasteiger partial charge in [0, 0.05) is 24.3 Å². The van der Waals surface area contributed by atoms with Crippen molar-refractivity contribution in [2.75, 3.05) is 6.61 Å². The smallest absolute Gasteiger partial charge is 0.275 e. The van der Waals surface area contributed by atoms with Gasteiger partial charge in [0.2, 0.25) is 0 Å². The first kappa shape index (κ1) is 16.8. The van der Waals surface area contributed by atoms with Crippen LogP contribution in [-0.4, -0.2) is 28.4 Å². The zero-order valence-electron chi connectivity index (χ0n) is 14.6. The summed E-state index contributed by atoms with van der Waals surface area (Å²) in [5.41, 5.74) is 5.77. The molecule has 0 radical (unpaired) electrons. The molecule has 0 unspecified atom stereocenters. The molecule has 26 heavy (non-hydrogen) atoms. The van der Waals surface area contributed by atoms with Crippen molar-refractivity contribution >= 4 is 16.9 Å². The fraction of sp³-hybridized carbons (Fsp3) is 0.300. The zero-order valence-corrected chi connectivity index (χ0v) is 14.6. The Morgan fingerprint density at radius 3 is 2.85 bits per heavy atom. The summed E-state index contributed by atoms with van der Waals surface area (Å²) in [5.74, 6) is 0.573. The predicted molar refractivity (Wildman–Crippen MR) is 97.9 cm³/mol. The summed E-state index contributed by atoms with van der Waals surface area (Å²) < 4.78 is 7.52. The Labute approximate surface area is 151 Å². The summed E-state index contributed by atoms with van der Waals surface area (Å²) in [7, 11) is 0. The van der Waals surface area contributed by atoms with Crippen LogP contribution in [0.5, 0.6) is 0 Å². The molecule has 2 aromatic carbocycles. The Kier molecular flexibility index (Phi) is 4.69. The van der Waals surface area contributed by atoms with E-state index in [-0.39, 0.29) is 12.2 Å². The molecular weight excluding hydrogens is 330 g/mol. The summed E-state index contributed by atoms with van der Waals surface area (Å²) in [4.78, 5) is 22.3. The molecule has 1 saturated heterocycles. The lowest BCUT2D eigenvalue weighted by Crippen LogP contribution is -2.33. The summed E-state index contributed by atoms with van der Waals surface area (Å²) in [6, 6.07) is 15.5. The first-order valence-corrected chi connectivity index (χ1v) is 8.84. The molecule has 3 aromatic rings. The predicted octanol–water partition coefficient (Wildman–Crippen LogP) is 3.52. The van der Waals surface area contributed by atoms with Gasteiger partial charge >= 0.3 is 0 Å². The van der Waals surface area contributed by atoms with Gasteiger partial charge < -0.3 is 4.74 Å². The van der Waals surface area contributed by atoms with Crippen LogP contribution in [0.3, 0.4) is 0 Å². The first-order chi connectivity index (χ1) is 12.7. The number of nitrogens with one attached hydrogen (secondary N) is 1. The van der Waals surface area contributed by atoms with Crippen molar-refractivity contribution in [3.8, 4) is 5.69 Å². The number of fused-ring (bicyclic) bond motifs is 1. The molecule has 0 spiro atoms. The molecule has 1 aromatic heterocycles. The van der Waals surface area contributed by atoms with Crippen molar-refractivity contribution in [1.29, 1.82) is 0 Å². The van der Waals surface area contributed by atoms with Gasteiger partial charge in [0.05, 0.1) is 11.0 Å². The molecule has 6 nitrogen and oxygen atoms in total. The average Bonchev–Trinajstić information content (AvgIpc) is 3.02. The highest BCUT2D eigenvalue weighted by Crippen LogP contribution is 2.22. The number of benzene rings is 2. The van der Waals surface area contributed by atoms with E-state index in [1.54, 1.807) is 12.1 Å². The third-order valence-corrected chi connectivity index (χ3v) is 4.52. The number of carbonyl (C=O) groups excluding carboxylic acids is 1. The molecule has 2 heterocycles. The van der Waals surface area contributed by atoms with Crippen molar-refractivity contribution in [3.63, 3.8) is 0 Å². The fourth-order valence-corrected chi connectivity index (χ4v) is 3.23. The molecule has 0 aliphatic carbocycles. The first-order valence-electron chi connectivity index (χ1n) is 8.84. The topological polar surface area (TPSA) is 65.4 Å². The van der Waals surface area contributed by atoms with Gasteiger partial charge in [0.15, 0.2) is 6.29 Å². The molecule has 1 aliphatic rings. The maximum absolute atomic E-state index is 12.4. The van der Waals surface area contributed by atoms with Crippen LogP contribution in [0.2, 0.25) is 0 Å². The van der Waals surface area contributed by atoms with Crippen LogP contribution in [0.25, 0.3) is 16.7 Å². The van der Waals surface area contributed by atoms with Crippen molar-refractivity contribution in [3.05, 3.63) is 59.9 Å². The van der Waals surface area contributed by atoms with E-state index in [9.17, 15) is 4.79 Å². The number of hydroxylamine groups is 1. The van der Waals surface area contributed by atoms with Gasteiger partial charge in [-0.2, -0.15) is 0 Å². The fourth-order valence-electron chi connectivity index (χ4n) is 3.23. The molecule has 0 saturated carbocycles. The van der Waals surface area contributed by atoms with Crippen LogP contribution in [0.15, 0.2) is 48.5 Å². The quantitative estimate of drug-likeness (QED) is 0.731. The van der Waals surface area contributed by atoms with E-state index in [4.69, 9.17) is 9.57 Å².